The van der Waals surface area contributed by atoms with Gasteiger partial charge in [0.1, 0.15) is 6.54 Å². The molecule has 0 aromatic carbocycles. The Morgan fingerprint density at radius 3 is 2.14 bits per heavy atom. The first-order chi connectivity index (χ1) is 10.1. The van der Waals surface area contributed by atoms with E-state index >= 15 is 0 Å². The van der Waals surface area contributed by atoms with Crippen LogP contribution in [0.15, 0.2) is 24.4 Å². The standard InChI is InChI=1S/C13H22N.CHF3O3S/c1-3-4-5-6-8-11-14-12-9-7-10-13(14)2;2-1(3,4)8(5,6)7/h7,9-10,12H,3-6,8,11H2,1-2H3;(H,5,6,7)/q+1;/p-1. The number of hydrogen-bond donors (Lipinski definition) is 0. The van der Waals surface area contributed by atoms with Crippen LogP contribution in [0.25, 0.3) is 0 Å². The van der Waals surface area contributed by atoms with E-state index in [2.05, 4.69) is 42.8 Å². The molecule has 0 unspecified atom stereocenters. The summed E-state index contributed by atoms with van der Waals surface area (Å²) in [6.45, 7) is 5.61. The van der Waals surface area contributed by atoms with Crippen LogP contribution >= 0.6 is 0 Å². The number of alkyl halides is 3. The van der Waals surface area contributed by atoms with E-state index in [-0.39, 0.29) is 0 Å². The van der Waals surface area contributed by atoms with Crippen LogP contribution in [0.1, 0.15) is 44.7 Å². The lowest BCUT2D eigenvalue weighted by Crippen LogP contribution is -2.36. The van der Waals surface area contributed by atoms with Gasteiger partial charge in [-0.05, 0) is 6.42 Å². The first kappa shape index (κ1) is 20.9. The van der Waals surface area contributed by atoms with Crippen molar-refractivity contribution in [2.24, 2.45) is 0 Å². The molecule has 128 valence electrons. The van der Waals surface area contributed by atoms with Crippen LogP contribution in [0, 0.1) is 6.92 Å². The summed E-state index contributed by atoms with van der Waals surface area (Å²) in [4.78, 5) is 0. The van der Waals surface area contributed by atoms with Crippen molar-refractivity contribution in [3.63, 3.8) is 0 Å². The number of rotatable bonds is 6. The quantitative estimate of drug-likeness (QED) is 0.345. The molecule has 0 amide bonds. The Balaban J connectivity index is 0.000000472. The maximum Gasteiger partial charge on any atom is 0.485 e. The van der Waals surface area contributed by atoms with Gasteiger partial charge in [0.05, 0.1) is 0 Å². The smallest absolute Gasteiger partial charge is 0.485 e. The van der Waals surface area contributed by atoms with Gasteiger partial charge in [0.15, 0.2) is 22.0 Å². The molecule has 0 spiro atoms. The Labute approximate surface area is 129 Å². The van der Waals surface area contributed by atoms with E-state index in [0.29, 0.717) is 0 Å². The third-order valence-corrected chi connectivity index (χ3v) is 3.52. The molecule has 8 heteroatoms. The Hall–Kier alpha value is -1.15. The second-order valence-corrected chi connectivity index (χ2v) is 6.22. The predicted molar refractivity (Wildman–Crippen MR) is 75.9 cm³/mol. The summed E-state index contributed by atoms with van der Waals surface area (Å²) in [7, 11) is -6.09. The van der Waals surface area contributed by atoms with Gasteiger partial charge in [-0.15, -0.1) is 0 Å². The van der Waals surface area contributed by atoms with Crippen molar-refractivity contribution in [2.45, 2.75) is 58.0 Å². The molecule has 0 saturated carbocycles. The molecular weight excluding hydrogens is 319 g/mol. The van der Waals surface area contributed by atoms with Crippen molar-refractivity contribution in [3.05, 3.63) is 30.1 Å². The average Bonchev–Trinajstić information content (AvgIpc) is 2.39. The van der Waals surface area contributed by atoms with Crippen LogP contribution in [0.4, 0.5) is 13.2 Å². The van der Waals surface area contributed by atoms with Crippen molar-refractivity contribution >= 4 is 10.1 Å². The Bertz CT molecular complexity index is 530. The van der Waals surface area contributed by atoms with Crippen molar-refractivity contribution in [1.82, 2.24) is 0 Å². The zero-order chi connectivity index (χ0) is 17.2. The maximum absolute atomic E-state index is 10.7. The van der Waals surface area contributed by atoms with Crippen molar-refractivity contribution < 1.29 is 30.7 Å². The molecule has 0 aliphatic heterocycles. The zero-order valence-corrected chi connectivity index (χ0v) is 13.6. The van der Waals surface area contributed by atoms with E-state index in [0.717, 1.165) is 0 Å². The highest BCUT2D eigenvalue weighted by Gasteiger charge is 2.36. The van der Waals surface area contributed by atoms with Crippen LogP contribution in [-0.2, 0) is 16.7 Å². The highest BCUT2D eigenvalue weighted by Crippen LogP contribution is 2.20. The molecule has 0 saturated heterocycles. The Morgan fingerprint density at radius 1 is 1.14 bits per heavy atom. The highest BCUT2D eigenvalue weighted by molar-refractivity contribution is 7.86. The van der Waals surface area contributed by atoms with Crippen molar-refractivity contribution in [2.75, 3.05) is 0 Å². The highest BCUT2D eigenvalue weighted by atomic mass is 32.2. The normalized spacial score (nSPS) is 11.7. The number of aromatic nitrogens is 1. The van der Waals surface area contributed by atoms with Crippen LogP contribution in [0.2, 0.25) is 0 Å². The molecule has 0 radical (unpaired) electrons. The van der Waals surface area contributed by atoms with Gasteiger partial charge in [0, 0.05) is 25.5 Å². The summed E-state index contributed by atoms with van der Waals surface area (Å²) in [5, 5.41) is 0. The molecule has 0 aliphatic rings. The van der Waals surface area contributed by atoms with Gasteiger partial charge in [-0.1, -0.05) is 32.3 Å². The van der Waals surface area contributed by atoms with Gasteiger partial charge in [0.2, 0.25) is 0 Å². The number of pyridine rings is 1. The Kier molecular flexibility index (Phi) is 9.27. The molecule has 4 nitrogen and oxygen atoms in total. The molecule has 0 aliphatic carbocycles. The van der Waals surface area contributed by atoms with Gasteiger partial charge in [-0.3, -0.25) is 0 Å². The minimum atomic E-state index is -6.09. The second kappa shape index (κ2) is 9.78. The van der Waals surface area contributed by atoms with Gasteiger partial charge < -0.3 is 4.55 Å². The fourth-order valence-corrected chi connectivity index (χ4v) is 1.70. The summed E-state index contributed by atoms with van der Waals surface area (Å²) in [6, 6.07) is 6.38. The fraction of sp³-hybridized carbons (Fsp3) is 0.643. The summed E-state index contributed by atoms with van der Waals surface area (Å²) in [5.74, 6) is 0. The largest absolute Gasteiger partial charge is 0.741 e. The van der Waals surface area contributed by atoms with Gasteiger partial charge in [0.25, 0.3) is 0 Å². The minimum Gasteiger partial charge on any atom is -0.741 e. The first-order valence-corrected chi connectivity index (χ1v) is 8.47. The molecular formula is C14H22F3NO3S. The number of aryl methyl sites for hydroxylation is 2. The summed E-state index contributed by atoms with van der Waals surface area (Å²) < 4.78 is 61.2. The third-order valence-electron chi connectivity index (χ3n) is 2.95. The lowest BCUT2D eigenvalue weighted by atomic mass is 10.1. The number of halogens is 3. The number of hydrogen-bond acceptors (Lipinski definition) is 3. The van der Waals surface area contributed by atoms with Gasteiger partial charge in [-0.25, -0.2) is 13.0 Å². The van der Waals surface area contributed by atoms with Crippen LogP contribution in [-0.4, -0.2) is 18.5 Å². The average molecular weight is 341 g/mol. The van der Waals surface area contributed by atoms with Gasteiger partial charge in [-0.2, -0.15) is 13.2 Å². The van der Waals surface area contributed by atoms with E-state index in [1.54, 1.807) is 0 Å². The molecule has 1 aromatic rings. The van der Waals surface area contributed by atoms with E-state index < -0.39 is 15.6 Å². The molecule has 1 rings (SSSR count). The topological polar surface area (TPSA) is 61.1 Å². The maximum atomic E-state index is 10.7. The molecule has 22 heavy (non-hydrogen) atoms. The summed E-state index contributed by atoms with van der Waals surface area (Å²) in [6.07, 6.45) is 8.97. The van der Waals surface area contributed by atoms with E-state index in [9.17, 15) is 13.2 Å². The number of unbranched alkanes of at least 4 members (excludes halogenated alkanes) is 4. The van der Waals surface area contributed by atoms with Crippen LogP contribution < -0.4 is 4.57 Å². The van der Waals surface area contributed by atoms with Crippen LogP contribution in [0.5, 0.6) is 0 Å². The third kappa shape index (κ3) is 8.99. The van der Waals surface area contributed by atoms with E-state index in [1.165, 1.54) is 44.3 Å². The minimum absolute atomic E-state index is 1.18. The molecule has 1 aromatic heterocycles. The Morgan fingerprint density at radius 2 is 1.68 bits per heavy atom. The summed E-state index contributed by atoms with van der Waals surface area (Å²) >= 11 is 0. The lowest BCUT2D eigenvalue weighted by Gasteiger charge is -2.08. The van der Waals surface area contributed by atoms with E-state index in [1.807, 2.05) is 0 Å². The molecule has 0 atom stereocenters. The second-order valence-electron chi connectivity index (χ2n) is 4.85. The molecule has 0 N–H and O–H groups in total. The lowest BCUT2D eigenvalue weighted by molar-refractivity contribution is -0.703. The van der Waals surface area contributed by atoms with Crippen molar-refractivity contribution in [1.29, 1.82) is 0 Å². The van der Waals surface area contributed by atoms with Gasteiger partial charge >= 0.3 is 5.51 Å². The molecule has 1 heterocycles. The predicted octanol–water partition coefficient (Wildman–Crippen LogP) is 3.30. The van der Waals surface area contributed by atoms with Crippen molar-refractivity contribution in [3.8, 4) is 0 Å². The zero-order valence-electron chi connectivity index (χ0n) is 12.8. The summed E-state index contributed by atoms with van der Waals surface area (Å²) in [5.41, 5.74) is -4.28. The fourth-order valence-electron chi connectivity index (χ4n) is 1.70. The molecule has 0 fully saturated rings. The van der Waals surface area contributed by atoms with Crippen LogP contribution in [0.3, 0.4) is 0 Å². The number of nitrogens with zero attached hydrogens (tertiary/aromatic N) is 1. The van der Waals surface area contributed by atoms with E-state index in [4.69, 9.17) is 13.0 Å². The monoisotopic (exact) mass is 341 g/mol. The molecule has 0 bridgehead atoms. The SMILES string of the molecule is CCCCCCC[n+]1ccccc1C.O=S(=O)([O-])C(F)(F)F. The first-order valence-electron chi connectivity index (χ1n) is 7.06.